The van der Waals surface area contributed by atoms with E-state index in [-0.39, 0.29) is 11.5 Å². The maximum atomic E-state index is 12.1. The zero-order valence-electron chi connectivity index (χ0n) is 15.0. The van der Waals surface area contributed by atoms with Crippen LogP contribution in [0.5, 0.6) is 0 Å². The fourth-order valence-electron chi connectivity index (χ4n) is 3.05. The molecule has 7 nitrogen and oxygen atoms in total. The summed E-state index contributed by atoms with van der Waals surface area (Å²) in [5.41, 5.74) is 2.05. The van der Waals surface area contributed by atoms with Crippen LogP contribution < -0.4 is 10.9 Å². The molecule has 0 saturated carbocycles. The number of fused-ring (bicyclic) bond motifs is 2. The molecule has 0 radical (unpaired) electrons. The van der Waals surface area contributed by atoms with Crippen molar-refractivity contribution < 1.29 is 4.79 Å². The van der Waals surface area contributed by atoms with Gasteiger partial charge in [-0.25, -0.2) is 9.97 Å². The number of halogens is 1. The van der Waals surface area contributed by atoms with Crippen LogP contribution in [0.15, 0.2) is 53.6 Å². The molecule has 4 aromatic rings. The Morgan fingerprint density at radius 2 is 2.00 bits per heavy atom. The fraction of sp³-hybridized carbons (Fsp3) is 0.200. The first-order chi connectivity index (χ1) is 13.6. The highest BCUT2D eigenvalue weighted by molar-refractivity contribution is 6.30. The van der Waals surface area contributed by atoms with Gasteiger partial charge in [-0.3, -0.25) is 9.59 Å². The van der Waals surface area contributed by atoms with E-state index >= 15 is 0 Å². The van der Waals surface area contributed by atoms with E-state index in [2.05, 4.69) is 20.3 Å². The van der Waals surface area contributed by atoms with Crippen molar-refractivity contribution in [1.82, 2.24) is 24.7 Å². The minimum atomic E-state index is -0.156. The first kappa shape index (κ1) is 18.2. The van der Waals surface area contributed by atoms with Gasteiger partial charge in [0.2, 0.25) is 5.91 Å². The number of carbonyl (C=O) groups is 1. The van der Waals surface area contributed by atoms with Crippen molar-refractivity contribution in [2.75, 3.05) is 0 Å². The maximum Gasteiger partial charge on any atom is 0.258 e. The van der Waals surface area contributed by atoms with E-state index in [4.69, 9.17) is 11.6 Å². The number of para-hydroxylation sites is 1. The summed E-state index contributed by atoms with van der Waals surface area (Å²) >= 11 is 5.96. The summed E-state index contributed by atoms with van der Waals surface area (Å²) in [5, 5.41) is 4.05. The van der Waals surface area contributed by atoms with Gasteiger partial charge in [-0.15, -0.1) is 0 Å². The van der Waals surface area contributed by atoms with Crippen molar-refractivity contribution in [2.45, 2.75) is 25.8 Å². The lowest BCUT2D eigenvalue weighted by atomic mass is 10.2. The van der Waals surface area contributed by atoms with Gasteiger partial charge in [0, 0.05) is 25.2 Å². The van der Waals surface area contributed by atoms with Crippen LogP contribution in [-0.4, -0.2) is 25.3 Å². The highest BCUT2D eigenvalue weighted by Gasteiger charge is 2.07. The van der Waals surface area contributed by atoms with Crippen molar-refractivity contribution in [1.29, 1.82) is 0 Å². The Labute approximate surface area is 165 Å². The minimum Gasteiger partial charge on any atom is -0.350 e. The van der Waals surface area contributed by atoms with Crippen LogP contribution in [-0.2, 0) is 17.8 Å². The molecule has 0 fully saturated rings. The summed E-state index contributed by atoms with van der Waals surface area (Å²) < 4.78 is 1.82. The monoisotopic (exact) mass is 395 g/mol. The third-order valence-corrected chi connectivity index (χ3v) is 4.63. The molecule has 3 aromatic heterocycles. The number of rotatable bonds is 6. The van der Waals surface area contributed by atoms with E-state index in [1.807, 2.05) is 28.8 Å². The number of amides is 1. The van der Waals surface area contributed by atoms with E-state index in [1.54, 1.807) is 24.4 Å². The smallest absolute Gasteiger partial charge is 0.258 e. The first-order valence-corrected chi connectivity index (χ1v) is 9.34. The average Bonchev–Trinajstić information content (AvgIpc) is 3.08. The van der Waals surface area contributed by atoms with Crippen molar-refractivity contribution in [3.8, 4) is 0 Å². The molecule has 1 aromatic carbocycles. The predicted molar refractivity (Wildman–Crippen MR) is 107 cm³/mol. The normalized spacial score (nSPS) is 11.2. The molecule has 0 bridgehead atoms. The summed E-state index contributed by atoms with van der Waals surface area (Å²) in [7, 11) is 0. The Hall–Kier alpha value is -3.19. The lowest BCUT2D eigenvalue weighted by Crippen LogP contribution is -2.23. The number of hydrogen-bond acceptors (Lipinski definition) is 4. The van der Waals surface area contributed by atoms with E-state index in [0.29, 0.717) is 47.6 Å². The molecule has 4 rings (SSSR count). The number of benzene rings is 1. The van der Waals surface area contributed by atoms with Gasteiger partial charge in [-0.2, -0.15) is 0 Å². The number of aryl methyl sites for hydroxylation is 1. The topological polar surface area (TPSA) is 92.1 Å². The quantitative estimate of drug-likeness (QED) is 0.525. The molecule has 0 aliphatic carbocycles. The van der Waals surface area contributed by atoms with E-state index in [1.165, 1.54) is 0 Å². The van der Waals surface area contributed by atoms with Crippen LogP contribution in [0, 0.1) is 0 Å². The third kappa shape index (κ3) is 4.04. The fourth-order valence-corrected chi connectivity index (χ4v) is 3.22. The molecule has 8 heteroatoms. The van der Waals surface area contributed by atoms with Crippen LogP contribution in [0.3, 0.4) is 0 Å². The highest BCUT2D eigenvalue weighted by Crippen LogP contribution is 2.12. The van der Waals surface area contributed by atoms with Gasteiger partial charge >= 0.3 is 0 Å². The number of aromatic nitrogens is 4. The standard InChI is InChI=1S/C20H18ClN5O2/c21-13-8-9-18-23-14(12-26(18)11-13)10-22-19(27)7-3-6-17-24-16-5-2-1-4-15(16)20(28)25-17/h1-2,4-5,8-9,11-12H,3,6-7,10H2,(H,22,27)(H,24,25,28). The van der Waals surface area contributed by atoms with Gasteiger partial charge in [0.25, 0.3) is 5.56 Å². The molecule has 28 heavy (non-hydrogen) atoms. The second-order valence-electron chi connectivity index (χ2n) is 6.51. The molecular formula is C20H18ClN5O2. The van der Waals surface area contributed by atoms with E-state index < -0.39 is 0 Å². The van der Waals surface area contributed by atoms with Crippen LogP contribution in [0.25, 0.3) is 16.6 Å². The Kier molecular flexibility index (Phi) is 5.08. The Morgan fingerprint density at radius 1 is 1.14 bits per heavy atom. The van der Waals surface area contributed by atoms with Gasteiger partial charge < -0.3 is 14.7 Å². The number of H-pyrrole nitrogens is 1. The Morgan fingerprint density at radius 3 is 2.89 bits per heavy atom. The lowest BCUT2D eigenvalue weighted by molar-refractivity contribution is -0.121. The molecule has 0 atom stereocenters. The van der Waals surface area contributed by atoms with Crippen molar-refractivity contribution in [3.05, 3.63) is 75.7 Å². The Bertz CT molecular complexity index is 1210. The molecule has 0 saturated heterocycles. The molecule has 0 spiro atoms. The average molecular weight is 396 g/mol. The maximum absolute atomic E-state index is 12.1. The highest BCUT2D eigenvalue weighted by atomic mass is 35.5. The van der Waals surface area contributed by atoms with Crippen molar-refractivity contribution >= 4 is 34.1 Å². The second kappa shape index (κ2) is 7.82. The summed E-state index contributed by atoms with van der Waals surface area (Å²) in [6.45, 7) is 0.350. The zero-order valence-corrected chi connectivity index (χ0v) is 15.7. The molecule has 0 aliphatic rings. The molecule has 142 valence electrons. The number of nitrogens with zero attached hydrogens (tertiary/aromatic N) is 3. The number of nitrogens with one attached hydrogen (secondary N) is 2. The van der Waals surface area contributed by atoms with Crippen molar-refractivity contribution in [2.24, 2.45) is 0 Å². The van der Waals surface area contributed by atoms with Crippen molar-refractivity contribution in [3.63, 3.8) is 0 Å². The second-order valence-corrected chi connectivity index (χ2v) is 6.94. The number of pyridine rings is 1. The molecule has 3 heterocycles. The summed E-state index contributed by atoms with van der Waals surface area (Å²) in [6, 6.07) is 10.8. The molecule has 2 N–H and O–H groups in total. The third-order valence-electron chi connectivity index (χ3n) is 4.41. The number of carbonyl (C=O) groups excluding carboxylic acids is 1. The number of aromatic amines is 1. The van der Waals surface area contributed by atoms with E-state index in [0.717, 1.165) is 11.3 Å². The summed E-state index contributed by atoms with van der Waals surface area (Å²) in [6.07, 6.45) is 5.07. The molecule has 0 unspecified atom stereocenters. The largest absolute Gasteiger partial charge is 0.350 e. The summed E-state index contributed by atoms with van der Waals surface area (Å²) in [4.78, 5) is 35.8. The minimum absolute atomic E-state index is 0.0711. The van der Waals surface area contributed by atoms with Gasteiger partial charge in [0.15, 0.2) is 0 Å². The van der Waals surface area contributed by atoms with Crippen LogP contribution in [0.2, 0.25) is 5.02 Å². The van der Waals surface area contributed by atoms with Gasteiger partial charge in [0.1, 0.15) is 11.5 Å². The van der Waals surface area contributed by atoms with Gasteiger partial charge in [-0.1, -0.05) is 23.7 Å². The molecule has 0 aliphatic heterocycles. The molecule has 1 amide bonds. The SMILES string of the molecule is O=C(CCCc1nc2ccccc2c(=O)[nH]1)NCc1cn2cc(Cl)ccc2n1. The van der Waals surface area contributed by atoms with Crippen LogP contribution in [0.1, 0.15) is 24.4 Å². The van der Waals surface area contributed by atoms with Gasteiger partial charge in [-0.05, 0) is 30.7 Å². The lowest BCUT2D eigenvalue weighted by Gasteiger charge is -2.04. The van der Waals surface area contributed by atoms with Gasteiger partial charge in [0.05, 0.1) is 28.2 Å². The first-order valence-electron chi connectivity index (χ1n) is 8.96. The molecular weight excluding hydrogens is 378 g/mol. The van der Waals surface area contributed by atoms with Crippen LogP contribution >= 0.6 is 11.6 Å². The van der Waals surface area contributed by atoms with Crippen LogP contribution in [0.4, 0.5) is 0 Å². The van der Waals surface area contributed by atoms with E-state index in [9.17, 15) is 9.59 Å². The predicted octanol–water partition coefficient (Wildman–Crippen LogP) is 2.86. The summed E-state index contributed by atoms with van der Waals surface area (Å²) in [5.74, 6) is 0.520. The zero-order chi connectivity index (χ0) is 19.5. The Balaban J connectivity index is 1.30. The number of imidazole rings is 1. The number of hydrogen-bond donors (Lipinski definition) is 2.